The Balaban J connectivity index is 0.733. The summed E-state index contributed by atoms with van der Waals surface area (Å²) in [7, 11) is 4.13. The lowest BCUT2D eigenvalue weighted by Gasteiger charge is -2.45. The van der Waals surface area contributed by atoms with Gasteiger partial charge in [-0.3, -0.25) is 44.1 Å². The molecule has 4 heterocycles. The van der Waals surface area contributed by atoms with Crippen molar-refractivity contribution in [3.63, 3.8) is 0 Å². The maximum Gasteiger partial charge on any atom is 0.262 e. The fourth-order valence-corrected chi connectivity index (χ4v) is 10.1. The first-order valence-corrected chi connectivity index (χ1v) is 23.1. The van der Waals surface area contributed by atoms with E-state index in [4.69, 9.17) is 9.47 Å². The number of nitrogens with one attached hydrogen (secondary N) is 2. The topological polar surface area (TPSA) is 178 Å². The molecule has 4 aromatic rings. The van der Waals surface area contributed by atoms with Gasteiger partial charge in [0, 0.05) is 81.2 Å². The molecule has 1 atom stereocenters. The van der Waals surface area contributed by atoms with E-state index in [1.54, 1.807) is 42.6 Å². The molecule has 2 N–H and O–H groups in total. The predicted molar refractivity (Wildman–Crippen MR) is 243 cm³/mol. The van der Waals surface area contributed by atoms with Crippen LogP contribution >= 0.6 is 0 Å². The van der Waals surface area contributed by atoms with E-state index in [9.17, 15) is 29.2 Å². The quantitative estimate of drug-likeness (QED) is 0.153. The number of anilines is 1. The van der Waals surface area contributed by atoms with Crippen LogP contribution in [0.25, 0.3) is 10.9 Å². The molecule has 3 aromatic carbocycles. The first-order valence-electron chi connectivity index (χ1n) is 23.1. The SMILES string of the molecule is CN(C)CCN(CC1CCN(c2ccc(C(=O)N[C@H]3CC[C@H](Oc4ccc(C#N)c5ncccc45)CC3)cc2F)CC1)[C@H]1C[C@H](Oc2ccc3c(c2)C(=O)N(C2CCC(=O)NC2=O)C3=O)C1. The Kier molecular flexibility index (Phi) is 13.0. The van der Waals surface area contributed by atoms with Crippen LogP contribution in [0.3, 0.4) is 0 Å². The highest BCUT2D eigenvalue weighted by atomic mass is 19.1. The van der Waals surface area contributed by atoms with Crippen LogP contribution in [0.4, 0.5) is 10.1 Å². The van der Waals surface area contributed by atoms with Gasteiger partial charge in [0.05, 0.1) is 34.0 Å². The lowest BCUT2D eigenvalue weighted by atomic mass is 9.86. The predicted octanol–water partition coefficient (Wildman–Crippen LogP) is 5.46. The van der Waals surface area contributed by atoms with E-state index in [0.29, 0.717) is 58.9 Å². The van der Waals surface area contributed by atoms with Gasteiger partial charge in [-0.25, -0.2) is 4.39 Å². The molecule has 4 fully saturated rings. The third-order valence-electron chi connectivity index (χ3n) is 13.9. The molecule has 2 aliphatic carbocycles. The fourth-order valence-electron chi connectivity index (χ4n) is 10.1. The number of hydrogen-bond acceptors (Lipinski definition) is 12. The number of fused-ring (bicyclic) bond motifs is 2. The normalized spacial score (nSPS) is 23.4. The van der Waals surface area contributed by atoms with Gasteiger partial charge in [-0.05, 0) is 126 Å². The number of nitriles is 1. The van der Waals surface area contributed by atoms with E-state index < -0.39 is 35.5 Å². The van der Waals surface area contributed by atoms with Gasteiger partial charge in [-0.2, -0.15) is 5.26 Å². The summed E-state index contributed by atoms with van der Waals surface area (Å²) in [6.07, 6.45) is 8.16. The summed E-state index contributed by atoms with van der Waals surface area (Å²) in [6, 6.07) is 18.4. The summed E-state index contributed by atoms with van der Waals surface area (Å²) < 4.78 is 28.4. The average molecular weight is 899 g/mol. The average Bonchev–Trinajstić information content (AvgIpc) is 3.54. The first kappa shape index (κ1) is 44.7. The number of ether oxygens (including phenoxy) is 2. The molecule has 3 aliphatic heterocycles. The largest absolute Gasteiger partial charge is 0.490 e. The van der Waals surface area contributed by atoms with Crippen molar-refractivity contribution >= 4 is 46.1 Å². The monoisotopic (exact) mass is 898 g/mol. The van der Waals surface area contributed by atoms with E-state index in [0.717, 1.165) is 81.3 Å². The van der Waals surface area contributed by atoms with Gasteiger partial charge < -0.3 is 24.6 Å². The Bertz CT molecular complexity index is 2580. The summed E-state index contributed by atoms with van der Waals surface area (Å²) in [5.74, 6) is -1.22. The van der Waals surface area contributed by atoms with Crippen molar-refractivity contribution in [2.75, 3.05) is 51.7 Å². The molecule has 9 rings (SSSR count). The van der Waals surface area contributed by atoms with E-state index in [1.165, 1.54) is 6.07 Å². The van der Waals surface area contributed by atoms with Gasteiger partial charge in [0.25, 0.3) is 17.7 Å². The van der Waals surface area contributed by atoms with Gasteiger partial charge in [0.2, 0.25) is 11.8 Å². The van der Waals surface area contributed by atoms with Gasteiger partial charge in [-0.1, -0.05) is 0 Å². The third kappa shape index (κ3) is 9.45. The van der Waals surface area contributed by atoms with Crippen LogP contribution in [0.15, 0.2) is 66.9 Å². The third-order valence-corrected chi connectivity index (χ3v) is 13.9. The molecular formula is C50H55FN8O7. The van der Waals surface area contributed by atoms with Crippen LogP contribution in [-0.2, 0) is 9.59 Å². The van der Waals surface area contributed by atoms with Crippen molar-refractivity contribution in [2.24, 2.45) is 5.92 Å². The molecule has 66 heavy (non-hydrogen) atoms. The smallest absolute Gasteiger partial charge is 0.262 e. The molecular weight excluding hydrogens is 844 g/mol. The first-order chi connectivity index (χ1) is 31.9. The Labute approximate surface area is 383 Å². The minimum absolute atomic E-state index is 0.0286. The number of amides is 5. The van der Waals surface area contributed by atoms with Crippen LogP contribution in [0.1, 0.15) is 101 Å². The number of carbonyl (C=O) groups excluding carboxylic acids is 5. The number of imide groups is 2. The molecule has 0 spiro atoms. The fraction of sp³-hybridized carbons (Fsp3) is 0.460. The lowest BCUT2D eigenvalue weighted by molar-refractivity contribution is -0.136. The van der Waals surface area contributed by atoms with Gasteiger partial charge in [-0.15, -0.1) is 0 Å². The van der Waals surface area contributed by atoms with Crippen LogP contribution in [0.5, 0.6) is 11.5 Å². The van der Waals surface area contributed by atoms with Crippen LogP contribution in [0.2, 0.25) is 0 Å². The highest BCUT2D eigenvalue weighted by Crippen LogP contribution is 2.36. The second kappa shape index (κ2) is 19.2. The standard InChI is InChI=1S/C50H55FN8O7/c1-56(2)22-23-58(34-25-37(26-34)65-36-11-12-38-40(27-36)50(64)59(49(38)63)43-14-16-45(60)55-48(43)62)29-30-17-20-57(21-18-30)42-13-5-31(24-41(42)51)47(61)54-33-7-9-35(10-8-33)66-44-15-6-32(28-52)46-39(44)4-3-19-53-46/h3-6,11-13,15,19,24,27,30,33-35,37,43H,7-10,14,16-18,20-23,25-26,29H2,1-2H3,(H,54,61)(H,55,60,62)/t33-,34-,35-,37-,43?. The summed E-state index contributed by atoms with van der Waals surface area (Å²) in [5, 5.41) is 15.6. The Morgan fingerprint density at radius 3 is 2.39 bits per heavy atom. The van der Waals surface area contributed by atoms with Gasteiger partial charge >= 0.3 is 0 Å². The maximum absolute atomic E-state index is 15.7. The molecule has 5 aliphatic rings. The van der Waals surface area contributed by atoms with Crippen molar-refractivity contribution in [3.05, 3.63) is 94.9 Å². The van der Waals surface area contributed by atoms with Crippen molar-refractivity contribution in [1.82, 2.24) is 30.3 Å². The molecule has 2 saturated heterocycles. The van der Waals surface area contributed by atoms with Crippen molar-refractivity contribution in [2.45, 2.75) is 94.5 Å². The number of rotatable bonds is 14. The van der Waals surface area contributed by atoms with Crippen molar-refractivity contribution < 1.29 is 37.8 Å². The molecule has 344 valence electrons. The zero-order chi connectivity index (χ0) is 46.1. The number of aromatic nitrogens is 1. The number of likely N-dealkylation sites (N-methyl/N-ethyl adjacent to an activating group) is 1. The molecule has 16 heteroatoms. The number of halogens is 1. The second-order valence-corrected chi connectivity index (χ2v) is 18.6. The molecule has 1 aromatic heterocycles. The number of pyridine rings is 1. The minimum atomic E-state index is -1.02. The Morgan fingerprint density at radius 1 is 0.894 bits per heavy atom. The summed E-state index contributed by atoms with van der Waals surface area (Å²) in [4.78, 5) is 76.0. The van der Waals surface area contributed by atoms with Gasteiger partial charge in [0.1, 0.15) is 35.5 Å². The Hall–Kier alpha value is -6.44. The number of piperidine rings is 2. The zero-order valence-corrected chi connectivity index (χ0v) is 37.3. The summed E-state index contributed by atoms with van der Waals surface area (Å²) >= 11 is 0. The zero-order valence-electron chi connectivity index (χ0n) is 37.3. The summed E-state index contributed by atoms with van der Waals surface area (Å²) in [5.41, 5.74) is 2.36. The van der Waals surface area contributed by atoms with Gasteiger partial charge in [0.15, 0.2) is 0 Å². The van der Waals surface area contributed by atoms with E-state index in [1.807, 2.05) is 18.2 Å². The Morgan fingerprint density at radius 2 is 1.67 bits per heavy atom. The molecule has 0 bridgehead atoms. The van der Waals surface area contributed by atoms with Crippen molar-refractivity contribution in [3.8, 4) is 17.6 Å². The molecule has 5 amide bonds. The maximum atomic E-state index is 15.7. The number of nitrogens with zero attached hydrogens (tertiary/aromatic N) is 6. The highest BCUT2D eigenvalue weighted by Gasteiger charge is 2.45. The number of hydrogen-bond donors (Lipinski definition) is 2. The molecule has 2 saturated carbocycles. The van der Waals surface area contributed by atoms with E-state index >= 15 is 4.39 Å². The molecule has 15 nitrogen and oxygen atoms in total. The van der Waals surface area contributed by atoms with E-state index in [-0.39, 0.29) is 48.1 Å². The van der Waals surface area contributed by atoms with Crippen molar-refractivity contribution in [1.29, 1.82) is 5.26 Å². The van der Waals surface area contributed by atoms with E-state index in [2.05, 4.69) is 50.5 Å². The van der Waals surface area contributed by atoms with Crippen LogP contribution < -0.4 is 25.0 Å². The number of carbonyl (C=O) groups is 5. The van der Waals surface area contributed by atoms with Crippen LogP contribution in [0, 0.1) is 23.1 Å². The second-order valence-electron chi connectivity index (χ2n) is 18.6. The number of benzene rings is 3. The summed E-state index contributed by atoms with van der Waals surface area (Å²) in [6.45, 7) is 4.15. The lowest BCUT2D eigenvalue weighted by Crippen LogP contribution is -2.54. The molecule has 1 unspecified atom stereocenters. The minimum Gasteiger partial charge on any atom is -0.490 e. The van der Waals surface area contributed by atoms with Crippen LogP contribution in [-0.4, -0.2) is 126 Å². The highest BCUT2D eigenvalue weighted by molar-refractivity contribution is 6.23. The molecule has 0 radical (unpaired) electrons.